The summed E-state index contributed by atoms with van der Waals surface area (Å²) in [5.74, 6) is -0.334. The van der Waals surface area contributed by atoms with E-state index in [2.05, 4.69) is 85.8 Å². The average Bonchev–Trinajstić information content (AvgIpc) is 4.42. The van der Waals surface area contributed by atoms with Crippen LogP contribution in [0.25, 0.3) is 45.1 Å². The highest BCUT2D eigenvalue weighted by atomic mass is 32.1. The standard InChI is InChI=1S/C68H89N5O3S4/c1-8-11-13-15-17-19-21-23-25-27-29-31-33-41-68(42-34-32-30-28-26-24-22-20-18-16-14-12-9-2)60-63-58(46-56(78-63)50-35-37-52(38-36-50)72(6)43-44-75-59(74)10-3)79-65(60)66-61(73(68)7)64-57(80-66)45-53(77-64)39-40-55-54(49-71)62(51(47-69)48-70)76-67(55,4)5/h10,35-40,45-46H,3,8-9,11-34,41-44H2,1-2,4-7H3/b40-39+. The van der Waals surface area contributed by atoms with Crippen molar-refractivity contribution in [2.24, 2.45) is 0 Å². The zero-order chi connectivity index (χ0) is 56.9. The van der Waals surface area contributed by atoms with Crippen molar-refractivity contribution in [2.45, 2.75) is 219 Å². The highest BCUT2D eigenvalue weighted by Gasteiger charge is 2.47. The molecule has 12 heteroatoms. The van der Waals surface area contributed by atoms with E-state index in [0.717, 1.165) is 23.4 Å². The summed E-state index contributed by atoms with van der Waals surface area (Å²) in [6, 6.07) is 19.7. The summed E-state index contributed by atoms with van der Waals surface area (Å²) in [6.07, 6.45) is 42.3. The Morgan fingerprint density at radius 2 is 1.20 bits per heavy atom. The molecule has 80 heavy (non-hydrogen) atoms. The number of allylic oxidation sites excluding steroid dienone is 2. The van der Waals surface area contributed by atoms with Crippen LogP contribution in [-0.2, 0) is 19.8 Å². The molecule has 4 aromatic heterocycles. The SMILES string of the molecule is C=CC(=O)OCCN(C)c1ccc(-c2cc3sc4c(c3s2)C(CCCCCCCCCCCCCCC)(CCCCCCCCCCCCCCC)N(C)c2c-4sc3cc(/C=C/C4=C(C#N)C(=C(C#N)C#N)OC4(C)C)sc23)cc1. The van der Waals surface area contributed by atoms with Gasteiger partial charge in [-0.25, -0.2) is 4.79 Å². The first-order valence-corrected chi connectivity index (χ1v) is 33.8. The van der Waals surface area contributed by atoms with E-state index < -0.39 is 11.6 Å². The summed E-state index contributed by atoms with van der Waals surface area (Å²) in [5, 5.41) is 29.7. The number of rotatable bonds is 36. The van der Waals surface area contributed by atoms with Crippen LogP contribution in [0.2, 0.25) is 0 Å². The van der Waals surface area contributed by atoms with Gasteiger partial charge in [0, 0.05) is 56.1 Å². The van der Waals surface area contributed by atoms with Gasteiger partial charge in [0.2, 0.25) is 0 Å². The third-order valence-electron chi connectivity index (χ3n) is 16.7. The van der Waals surface area contributed by atoms with Crippen molar-refractivity contribution < 1.29 is 14.3 Å². The number of carbonyl (C=O) groups excluding carboxylic acids is 1. The monoisotopic (exact) mass is 1150 g/mol. The van der Waals surface area contributed by atoms with Crippen LogP contribution in [0.5, 0.6) is 0 Å². The Hall–Kier alpha value is -5.16. The Morgan fingerprint density at radius 1 is 0.688 bits per heavy atom. The molecule has 2 aliphatic rings. The van der Waals surface area contributed by atoms with Crippen LogP contribution in [-0.4, -0.2) is 38.8 Å². The number of esters is 1. The predicted molar refractivity (Wildman–Crippen MR) is 344 cm³/mol. The van der Waals surface area contributed by atoms with E-state index in [1.165, 1.54) is 218 Å². The summed E-state index contributed by atoms with van der Waals surface area (Å²) in [6.45, 7) is 12.8. The first-order valence-electron chi connectivity index (χ1n) is 30.5. The van der Waals surface area contributed by atoms with Gasteiger partial charge in [-0.2, -0.15) is 15.8 Å². The number of ether oxygens (including phenoxy) is 2. The molecule has 0 saturated carbocycles. The minimum absolute atomic E-state index is 0.0651. The van der Waals surface area contributed by atoms with Crippen LogP contribution in [0.4, 0.5) is 11.4 Å². The van der Waals surface area contributed by atoms with Gasteiger partial charge in [0.1, 0.15) is 36.0 Å². The number of carbonyl (C=O) groups is 1. The van der Waals surface area contributed by atoms with Crippen LogP contribution in [0.1, 0.15) is 218 Å². The fourth-order valence-corrected chi connectivity index (χ4v) is 17.6. The fraction of sp³-hybridized carbons (Fsp3) is 0.559. The number of hydrogen-bond donors (Lipinski definition) is 0. The van der Waals surface area contributed by atoms with Crippen molar-refractivity contribution in [2.75, 3.05) is 37.0 Å². The lowest BCUT2D eigenvalue weighted by molar-refractivity contribution is -0.137. The fourth-order valence-electron chi connectivity index (χ4n) is 12.0. The molecule has 428 valence electrons. The second kappa shape index (κ2) is 31.3. The summed E-state index contributed by atoms with van der Waals surface area (Å²) in [7, 11) is 4.45. The molecule has 6 heterocycles. The zero-order valence-electron chi connectivity index (χ0n) is 49.2. The van der Waals surface area contributed by atoms with Crippen LogP contribution in [0.15, 0.2) is 77.6 Å². The quantitative estimate of drug-likeness (QED) is 0.0169. The largest absolute Gasteiger partial charge is 0.480 e. The van der Waals surface area contributed by atoms with E-state index in [1.54, 1.807) is 5.56 Å². The van der Waals surface area contributed by atoms with Gasteiger partial charge < -0.3 is 19.3 Å². The molecule has 1 aromatic carbocycles. The van der Waals surface area contributed by atoms with Gasteiger partial charge in [0.15, 0.2) is 11.3 Å². The molecule has 0 atom stereocenters. The van der Waals surface area contributed by atoms with E-state index in [1.807, 2.05) is 84.5 Å². The van der Waals surface area contributed by atoms with Crippen LogP contribution >= 0.6 is 45.3 Å². The van der Waals surface area contributed by atoms with Gasteiger partial charge in [0.05, 0.1) is 36.9 Å². The highest BCUT2D eigenvalue weighted by Crippen LogP contribution is 2.63. The van der Waals surface area contributed by atoms with Crippen LogP contribution in [0, 0.1) is 34.0 Å². The average molecular weight is 1150 g/mol. The second-order valence-corrected chi connectivity index (χ2v) is 27.2. The third kappa shape index (κ3) is 15.7. The summed E-state index contributed by atoms with van der Waals surface area (Å²) < 4.78 is 16.8. The number of anilines is 2. The van der Waals surface area contributed by atoms with Crippen molar-refractivity contribution in [3.05, 3.63) is 88.0 Å². The minimum atomic E-state index is -0.877. The van der Waals surface area contributed by atoms with Gasteiger partial charge in [0.25, 0.3) is 0 Å². The van der Waals surface area contributed by atoms with E-state index in [9.17, 15) is 20.6 Å². The first kappa shape index (κ1) is 62.4. The number of benzene rings is 1. The van der Waals surface area contributed by atoms with Gasteiger partial charge in [-0.15, -0.1) is 45.3 Å². The molecule has 8 nitrogen and oxygen atoms in total. The van der Waals surface area contributed by atoms with Gasteiger partial charge in [-0.1, -0.05) is 206 Å². The van der Waals surface area contributed by atoms with E-state index >= 15 is 0 Å². The van der Waals surface area contributed by atoms with Gasteiger partial charge in [-0.3, -0.25) is 0 Å². The molecule has 0 unspecified atom stereocenters. The molecular formula is C68H89N5O3S4. The van der Waals surface area contributed by atoms with Crippen LogP contribution < -0.4 is 9.80 Å². The summed E-state index contributed by atoms with van der Waals surface area (Å²) >= 11 is 7.69. The molecule has 0 spiro atoms. The van der Waals surface area contributed by atoms with Crippen molar-refractivity contribution in [1.82, 2.24) is 0 Å². The van der Waals surface area contributed by atoms with Crippen LogP contribution in [0.3, 0.4) is 0 Å². The number of unbranched alkanes of at least 4 members (excludes halogenated alkanes) is 24. The number of fused-ring (bicyclic) bond motifs is 7. The molecule has 2 aliphatic heterocycles. The smallest absolute Gasteiger partial charge is 0.330 e. The maximum absolute atomic E-state index is 11.7. The zero-order valence-corrected chi connectivity index (χ0v) is 52.5. The normalized spacial score (nSPS) is 14.3. The lowest BCUT2D eigenvalue weighted by Crippen LogP contribution is -2.46. The van der Waals surface area contributed by atoms with Gasteiger partial charge >= 0.3 is 5.97 Å². The Morgan fingerprint density at radius 3 is 1.71 bits per heavy atom. The lowest BCUT2D eigenvalue weighted by atomic mass is 9.76. The second-order valence-electron chi connectivity index (χ2n) is 22.9. The number of nitriles is 3. The van der Waals surface area contributed by atoms with E-state index in [0.29, 0.717) is 18.7 Å². The minimum Gasteiger partial charge on any atom is -0.480 e. The van der Waals surface area contributed by atoms with Crippen molar-refractivity contribution in [3.63, 3.8) is 0 Å². The topological polar surface area (TPSA) is 113 Å². The summed E-state index contributed by atoms with van der Waals surface area (Å²) in [4.78, 5) is 21.8. The molecular weight excluding hydrogens is 1060 g/mol. The summed E-state index contributed by atoms with van der Waals surface area (Å²) in [5.41, 5.74) is 4.88. The van der Waals surface area contributed by atoms with E-state index in [-0.39, 0.29) is 22.4 Å². The third-order valence-corrected chi connectivity index (χ3v) is 21.7. The van der Waals surface area contributed by atoms with Crippen molar-refractivity contribution in [1.29, 1.82) is 15.8 Å². The molecule has 0 aliphatic carbocycles. The molecule has 7 rings (SSSR count). The number of likely N-dealkylation sites (N-methyl/N-ethyl adjacent to an activating group) is 1. The molecule has 0 N–H and O–H groups in total. The number of thiophene rings is 4. The van der Waals surface area contributed by atoms with Crippen molar-refractivity contribution in [3.8, 4) is 38.4 Å². The maximum Gasteiger partial charge on any atom is 0.330 e. The molecule has 0 saturated heterocycles. The Balaban J connectivity index is 1.19. The first-order chi connectivity index (χ1) is 38.9. The van der Waals surface area contributed by atoms with Crippen molar-refractivity contribution >= 4 is 87.6 Å². The molecule has 0 radical (unpaired) electrons. The van der Waals surface area contributed by atoms with Gasteiger partial charge in [-0.05, 0) is 62.6 Å². The Bertz CT molecular complexity index is 3000. The number of nitrogens with zero attached hydrogens (tertiary/aromatic N) is 5. The number of hydrogen-bond acceptors (Lipinski definition) is 12. The Kier molecular flexibility index (Phi) is 24.4. The Labute approximate surface area is 496 Å². The van der Waals surface area contributed by atoms with E-state index in [4.69, 9.17) is 9.47 Å². The lowest BCUT2D eigenvalue weighted by Gasteiger charge is -2.47. The molecule has 5 aromatic rings. The molecule has 0 amide bonds. The highest BCUT2D eigenvalue weighted by molar-refractivity contribution is 7.35. The molecule has 0 bridgehead atoms. The molecule has 0 fully saturated rings. The maximum atomic E-state index is 11.7. The predicted octanol–water partition coefficient (Wildman–Crippen LogP) is 21.3.